The lowest BCUT2D eigenvalue weighted by atomic mass is 10.1. The van der Waals surface area contributed by atoms with E-state index in [1.165, 1.54) is 9.75 Å². The molecule has 0 fully saturated rings. The highest BCUT2D eigenvalue weighted by Gasteiger charge is 2.20. The second-order valence-electron chi connectivity index (χ2n) is 7.67. The number of nitrogens with one attached hydrogen (secondary N) is 1. The van der Waals surface area contributed by atoms with Gasteiger partial charge in [-0.25, -0.2) is 9.97 Å². The summed E-state index contributed by atoms with van der Waals surface area (Å²) in [5.74, 6) is 1.18. The van der Waals surface area contributed by atoms with Gasteiger partial charge in [-0.05, 0) is 30.9 Å². The van der Waals surface area contributed by atoms with Gasteiger partial charge in [-0.1, -0.05) is 13.8 Å². The number of thiophene rings is 1. The normalized spacial score (nSPS) is 14.8. The molecule has 146 valence electrons. The molecule has 0 bridgehead atoms. The molecule has 0 atom stereocenters. The van der Waals surface area contributed by atoms with Crippen LogP contribution in [0.15, 0.2) is 35.5 Å². The average Bonchev–Trinajstić information content (AvgIpc) is 3.00. The molecule has 7 heteroatoms. The maximum atomic E-state index is 12.6. The fraction of sp³-hybridized carbons (Fsp3) is 0.429. The van der Waals surface area contributed by atoms with Crippen molar-refractivity contribution in [2.75, 3.05) is 13.1 Å². The van der Waals surface area contributed by atoms with Crippen LogP contribution in [0, 0.1) is 5.92 Å². The van der Waals surface area contributed by atoms with Gasteiger partial charge in [0.25, 0.3) is 5.56 Å². The van der Waals surface area contributed by atoms with E-state index in [9.17, 15) is 4.79 Å². The molecule has 6 nitrogen and oxygen atoms in total. The van der Waals surface area contributed by atoms with E-state index in [4.69, 9.17) is 4.98 Å². The van der Waals surface area contributed by atoms with Crippen LogP contribution in [-0.4, -0.2) is 37.9 Å². The van der Waals surface area contributed by atoms with Crippen LogP contribution in [-0.2, 0) is 25.8 Å². The fourth-order valence-electron chi connectivity index (χ4n) is 3.60. The molecule has 3 aromatic heterocycles. The molecule has 0 saturated carbocycles. The molecule has 1 N–H and O–H groups in total. The van der Waals surface area contributed by atoms with Gasteiger partial charge in [0.1, 0.15) is 5.69 Å². The van der Waals surface area contributed by atoms with Crippen molar-refractivity contribution < 1.29 is 0 Å². The number of aromatic nitrogens is 4. The summed E-state index contributed by atoms with van der Waals surface area (Å²) in [6.45, 7) is 7.22. The van der Waals surface area contributed by atoms with Gasteiger partial charge in [-0.15, -0.1) is 11.3 Å². The van der Waals surface area contributed by atoms with Crippen molar-refractivity contribution in [1.82, 2.24) is 24.8 Å². The van der Waals surface area contributed by atoms with Gasteiger partial charge in [0.2, 0.25) is 0 Å². The topological polar surface area (TPSA) is 74.8 Å². The lowest BCUT2D eigenvalue weighted by molar-refractivity contribution is 0.281. The van der Waals surface area contributed by atoms with E-state index in [1.54, 1.807) is 18.6 Å². The third-order valence-electron chi connectivity index (χ3n) is 4.96. The van der Waals surface area contributed by atoms with Gasteiger partial charge in [0.05, 0.1) is 11.9 Å². The highest BCUT2D eigenvalue weighted by molar-refractivity contribution is 7.11. The number of H-pyrrole nitrogens is 1. The Hall–Kier alpha value is -2.38. The first-order valence-corrected chi connectivity index (χ1v) is 10.6. The summed E-state index contributed by atoms with van der Waals surface area (Å²) >= 11 is 1.91. The molecule has 0 aromatic carbocycles. The molecule has 0 unspecified atom stereocenters. The van der Waals surface area contributed by atoms with E-state index in [-0.39, 0.29) is 5.56 Å². The average molecular weight is 396 g/mol. The molecule has 3 aromatic rings. The van der Waals surface area contributed by atoms with Gasteiger partial charge in [-0.2, -0.15) is 0 Å². The first-order valence-electron chi connectivity index (χ1n) is 9.77. The first kappa shape index (κ1) is 19.0. The summed E-state index contributed by atoms with van der Waals surface area (Å²) in [6, 6.07) is 4.50. The van der Waals surface area contributed by atoms with Crippen molar-refractivity contribution >= 4 is 11.3 Å². The minimum Gasteiger partial charge on any atom is -0.305 e. The SMILES string of the molecule is CC(C)Cc1ccc(CN2CCc3nc(-c4cnccn4)[nH]c(=O)c3CC2)s1. The van der Waals surface area contributed by atoms with Crippen molar-refractivity contribution in [1.29, 1.82) is 0 Å². The zero-order valence-electron chi connectivity index (χ0n) is 16.3. The summed E-state index contributed by atoms with van der Waals surface area (Å²) in [5, 5.41) is 0. The number of rotatable bonds is 5. The quantitative estimate of drug-likeness (QED) is 0.719. The Bertz CT molecular complexity index is 996. The standard InChI is InChI=1S/C21H25N5OS/c1-14(2)11-15-3-4-16(28-15)13-26-9-5-17-18(6-10-26)24-20(25-21(17)27)19-12-22-7-8-23-19/h3-4,7-8,12,14H,5-6,9-11,13H2,1-2H3,(H,24,25,27). The lowest BCUT2D eigenvalue weighted by Gasteiger charge is -2.18. The smallest absolute Gasteiger partial charge is 0.254 e. The monoisotopic (exact) mass is 395 g/mol. The Morgan fingerprint density at radius 2 is 2.00 bits per heavy atom. The van der Waals surface area contributed by atoms with E-state index in [0.29, 0.717) is 17.4 Å². The highest BCUT2D eigenvalue weighted by Crippen LogP contribution is 2.22. The second kappa shape index (κ2) is 8.32. The lowest BCUT2D eigenvalue weighted by Crippen LogP contribution is -2.25. The molecule has 28 heavy (non-hydrogen) atoms. The summed E-state index contributed by atoms with van der Waals surface area (Å²) in [6.07, 6.45) is 7.48. The Labute approximate surface area is 168 Å². The number of nitrogens with zero attached hydrogens (tertiary/aromatic N) is 4. The van der Waals surface area contributed by atoms with Gasteiger partial charge in [-0.3, -0.25) is 14.7 Å². The molecule has 0 amide bonds. The summed E-state index contributed by atoms with van der Waals surface area (Å²) in [4.78, 5) is 33.8. The van der Waals surface area contributed by atoms with Crippen molar-refractivity contribution in [2.24, 2.45) is 5.92 Å². The maximum absolute atomic E-state index is 12.6. The third kappa shape index (κ3) is 4.36. The van der Waals surface area contributed by atoms with Gasteiger partial charge in [0, 0.05) is 53.8 Å². The Morgan fingerprint density at radius 1 is 1.18 bits per heavy atom. The molecule has 1 aliphatic heterocycles. The second-order valence-corrected chi connectivity index (χ2v) is 8.93. The van der Waals surface area contributed by atoms with E-state index in [1.807, 2.05) is 11.3 Å². The Kier molecular flexibility index (Phi) is 5.64. The van der Waals surface area contributed by atoms with Crippen molar-refractivity contribution in [3.8, 4) is 11.5 Å². The molecule has 0 saturated heterocycles. The summed E-state index contributed by atoms with van der Waals surface area (Å²) in [5.41, 5.74) is 2.24. The van der Waals surface area contributed by atoms with Crippen LogP contribution in [0.3, 0.4) is 0 Å². The Balaban J connectivity index is 1.48. The molecule has 0 aliphatic carbocycles. The van der Waals surface area contributed by atoms with Crippen LogP contribution in [0.2, 0.25) is 0 Å². The third-order valence-corrected chi connectivity index (χ3v) is 6.05. The highest BCUT2D eigenvalue weighted by atomic mass is 32.1. The van der Waals surface area contributed by atoms with Gasteiger partial charge < -0.3 is 4.98 Å². The number of aromatic amines is 1. The summed E-state index contributed by atoms with van der Waals surface area (Å²) in [7, 11) is 0. The minimum atomic E-state index is -0.0529. The van der Waals surface area contributed by atoms with E-state index in [2.05, 4.69) is 45.8 Å². The zero-order chi connectivity index (χ0) is 19.5. The fourth-order valence-corrected chi connectivity index (χ4v) is 4.87. The van der Waals surface area contributed by atoms with E-state index < -0.39 is 0 Å². The predicted molar refractivity (Wildman–Crippen MR) is 111 cm³/mol. The number of fused-ring (bicyclic) bond motifs is 1. The Morgan fingerprint density at radius 3 is 2.79 bits per heavy atom. The van der Waals surface area contributed by atoms with Crippen LogP contribution < -0.4 is 5.56 Å². The molecule has 0 radical (unpaired) electrons. The van der Waals surface area contributed by atoms with Crippen molar-refractivity contribution in [3.05, 3.63) is 62.1 Å². The minimum absolute atomic E-state index is 0.0529. The first-order chi connectivity index (χ1) is 13.6. The molecule has 4 rings (SSSR count). The van der Waals surface area contributed by atoms with Crippen molar-refractivity contribution in [2.45, 2.75) is 39.7 Å². The van der Waals surface area contributed by atoms with Crippen molar-refractivity contribution in [3.63, 3.8) is 0 Å². The number of hydrogen-bond donors (Lipinski definition) is 1. The van der Waals surface area contributed by atoms with Crippen LogP contribution in [0.5, 0.6) is 0 Å². The molecule has 0 spiro atoms. The molecular weight excluding hydrogens is 370 g/mol. The van der Waals surface area contributed by atoms with E-state index >= 15 is 0 Å². The van der Waals surface area contributed by atoms with Crippen LogP contribution in [0.4, 0.5) is 0 Å². The molecular formula is C21H25N5OS. The number of hydrogen-bond acceptors (Lipinski definition) is 6. The van der Waals surface area contributed by atoms with Crippen LogP contribution in [0.25, 0.3) is 11.5 Å². The van der Waals surface area contributed by atoms with Crippen LogP contribution in [0.1, 0.15) is 34.9 Å². The molecule has 4 heterocycles. The largest absolute Gasteiger partial charge is 0.305 e. The summed E-state index contributed by atoms with van der Waals surface area (Å²) < 4.78 is 0. The predicted octanol–water partition coefficient (Wildman–Crippen LogP) is 3.09. The van der Waals surface area contributed by atoms with Gasteiger partial charge in [0.15, 0.2) is 5.82 Å². The zero-order valence-corrected chi connectivity index (χ0v) is 17.1. The molecule has 1 aliphatic rings. The van der Waals surface area contributed by atoms with Crippen LogP contribution >= 0.6 is 11.3 Å². The van der Waals surface area contributed by atoms with Gasteiger partial charge >= 0.3 is 0 Å². The van der Waals surface area contributed by atoms with E-state index in [0.717, 1.165) is 50.2 Å². The maximum Gasteiger partial charge on any atom is 0.254 e.